The molecule has 0 aliphatic heterocycles. The van der Waals surface area contributed by atoms with E-state index in [4.69, 9.17) is 4.74 Å². The van der Waals surface area contributed by atoms with E-state index in [0.717, 1.165) is 12.1 Å². The predicted octanol–water partition coefficient (Wildman–Crippen LogP) is 4.34. The molecule has 0 aliphatic rings. The lowest BCUT2D eigenvalue weighted by Gasteiger charge is -2.11. The second kappa shape index (κ2) is 6.19. The van der Waals surface area contributed by atoms with Gasteiger partial charge in [-0.2, -0.15) is 0 Å². The Morgan fingerprint density at radius 2 is 2.10 bits per heavy atom. The fourth-order valence-electron chi connectivity index (χ4n) is 1.71. The minimum absolute atomic E-state index is 0.215. The highest BCUT2D eigenvalue weighted by Crippen LogP contribution is 2.37. The van der Waals surface area contributed by atoms with Gasteiger partial charge in [0.2, 0.25) is 5.75 Å². The maximum atomic E-state index is 13.8. The van der Waals surface area contributed by atoms with Gasteiger partial charge in [-0.1, -0.05) is 12.1 Å². The smallest absolute Gasteiger partial charge is 0.314 e. The molecule has 0 radical (unpaired) electrons. The molecule has 1 N–H and O–H groups in total. The van der Waals surface area contributed by atoms with Crippen molar-refractivity contribution in [3.8, 4) is 11.5 Å². The molecule has 0 unspecified atom stereocenters. The Bertz CT molecular complexity index is 691. The number of hydrogen-bond donors (Lipinski definition) is 1. The van der Waals surface area contributed by atoms with Gasteiger partial charge in [0.25, 0.3) is 0 Å². The maximum Gasteiger partial charge on any atom is 0.314 e. The zero-order chi connectivity index (χ0) is 15.6. The van der Waals surface area contributed by atoms with Gasteiger partial charge < -0.3 is 9.84 Å². The summed E-state index contributed by atoms with van der Waals surface area (Å²) in [5, 5.41) is 20.4. The first kappa shape index (κ1) is 15.4. The SMILES string of the molecule is C[C@@H](O)c1ccc(Oc2c(F)cccc2[N+](=O)[O-])c(Br)c1. The fraction of sp³-hybridized carbons (Fsp3) is 0.143. The van der Waals surface area contributed by atoms with Gasteiger partial charge >= 0.3 is 5.69 Å². The molecule has 110 valence electrons. The summed E-state index contributed by atoms with van der Waals surface area (Å²) < 4.78 is 19.5. The van der Waals surface area contributed by atoms with Crippen molar-refractivity contribution in [3.05, 3.63) is 62.4 Å². The van der Waals surface area contributed by atoms with Crippen molar-refractivity contribution in [1.82, 2.24) is 0 Å². The third-order valence-electron chi connectivity index (χ3n) is 2.79. The summed E-state index contributed by atoms with van der Waals surface area (Å²) in [6.07, 6.45) is -0.668. The van der Waals surface area contributed by atoms with E-state index in [-0.39, 0.29) is 5.75 Å². The van der Waals surface area contributed by atoms with Crippen molar-refractivity contribution in [1.29, 1.82) is 0 Å². The number of halogens is 2. The summed E-state index contributed by atoms with van der Waals surface area (Å²) in [5.41, 5.74) is 0.179. The van der Waals surface area contributed by atoms with Crippen molar-refractivity contribution in [3.63, 3.8) is 0 Å². The van der Waals surface area contributed by atoms with Gasteiger partial charge in [-0.15, -0.1) is 0 Å². The molecule has 0 aromatic heterocycles. The molecule has 0 saturated heterocycles. The summed E-state index contributed by atoms with van der Waals surface area (Å²) in [4.78, 5) is 10.2. The summed E-state index contributed by atoms with van der Waals surface area (Å²) in [6.45, 7) is 1.60. The van der Waals surface area contributed by atoms with E-state index in [9.17, 15) is 19.6 Å². The summed E-state index contributed by atoms with van der Waals surface area (Å²) in [6, 6.07) is 8.19. The molecule has 2 aromatic rings. The Balaban J connectivity index is 2.41. The van der Waals surface area contributed by atoms with Crippen LogP contribution in [0.25, 0.3) is 0 Å². The first-order valence-corrected chi connectivity index (χ1v) is 6.77. The van der Waals surface area contributed by atoms with Crippen molar-refractivity contribution < 1.29 is 19.2 Å². The highest BCUT2D eigenvalue weighted by atomic mass is 79.9. The van der Waals surface area contributed by atoms with Crippen LogP contribution in [0.1, 0.15) is 18.6 Å². The molecule has 2 rings (SSSR count). The number of nitrogens with zero attached hydrogens (tertiary/aromatic N) is 1. The van der Waals surface area contributed by atoms with Crippen LogP contribution in [0.4, 0.5) is 10.1 Å². The van der Waals surface area contributed by atoms with Crippen LogP contribution in [0.15, 0.2) is 40.9 Å². The highest BCUT2D eigenvalue weighted by molar-refractivity contribution is 9.10. The number of nitro groups is 1. The Kier molecular flexibility index (Phi) is 4.54. The van der Waals surface area contributed by atoms with E-state index in [1.165, 1.54) is 12.1 Å². The van der Waals surface area contributed by atoms with Gasteiger partial charge in [-0.05, 0) is 46.6 Å². The van der Waals surface area contributed by atoms with Gasteiger partial charge in [0.15, 0.2) is 5.82 Å². The van der Waals surface area contributed by atoms with Crippen LogP contribution in [-0.2, 0) is 0 Å². The van der Waals surface area contributed by atoms with Crippen LogP contribution in [0.3, 0.4) is 0 Å². The molecule has 7 heteroatoms. The maximum absolute atomic E-state index is 13.8. The number of benzene rings is 2. The van der Waals surface area contributed by atoms with E-state index in [0.29, 0.717) is 10.0 Å². The largest absolute Gasteiger partial charge is 0.446 e. The zero-order valence-corrected chi connectivity index (χ0v) is 12.5. The third kappa shape index (κ3) is 3.37. The zero-order valence-electron chi connectivity index (χ0n) is 10.9. The number of aliphatic hydroxyl groups excluding tert-OH is 1. The Morgan fingerprint density at radius 1 is 1.38 bits per heavy atom. The molecular weight excluding hydrogens is 345 g/mol. The van der Waals surface area contributed by atoms with Crippen molar-refractivity contribution in [2.45, 2.75) is 13.0 Å². The topological polar surface area (TPSA) is 72.6 Å². The van der Waals surface area contributed by atoms with Crippen LogP contribution in [0.2, 0.25) is 0 Å². The van der Waals surface area contributed by atoms with E-state index < -0.39 is 28.3 Å². The third-order valence-corrected chi connectivity index (χ3v) is 3.41. The minimum Gasteiger partial charge on any atom is -0.446 e. The standard InChI is InChI=1S/C14H11BrFNO4/c1-8(18)9-5-6-13(10(15)7-9)21-14-11(16)3-2-4-12(14)17(19)20/h2-8,18H,1H3/t8-/m1/s1. The Morgan fingerprint density at radius 3 is 2.67 bits per heavy atom. The number of nitro benzene ring substituents is 1. The molecule has 0 spiro atoms. The van der Waals surface area contributed by atoms with Crippen LogP contribution >= 0.6 is 15.9 Å². The number of rotatable bonds is 4. The van der Waals surface area contributed by atoms with E-state index in [2.05, 4.69) is 15.9 Å². The number of aliphatic hydroxyl groups is 1. The van der Waals surface area contributed by atoms with Gasteiger partial charge in [0, 0.05) is 6.07 Å². The molecule has 1 atom stereocenters. The quantitative estimate of drug-likeness (QED) is 0.653. The molecular formula is C14H11BrFNO4. The normalized spacial score (nSPS) is 12.0. The average Bonchev–Trinajstić information content (AvgIpc) is 2.42. The van der Waals surface area contributed by atoms with Crippen LogP contribution in [-0.4, -0.2) is 10.0 Å². The first-order chi connectivity index (χ1) is 9.90. The molecule has 5 nitrogen and oxygen atoms in total. The fourth-order valence-corrected chi connectivity index (χ4v) is 2.19. The number of ether oxygens (including phenoxy) is 1. The van der Waals surface area contributed by atoms with Crippen molar-refractivity contribution in [2.24, 2.45) is 0 Å². The van der Waals surface area contributed by atoms with E-state index in [1.807, 2.05) is 0 Å². The molecule has 0 amide bonds. The molecule has 0 bridgehead atoms. The number of hydrogen-bond acceptors (Lipinski definition) is 4. The van der Waals surface area contributed by atoms with Crippen LogP contribution in [0, 0.1) is 15.9 Å². The Hall–Kier alpha value is -1.99. The van der Waals surface area contributed by atoms with E-state index in [1.54, 1.807) is 19.1 Å². The molecule has 2 aromatic carbocycles. The second-order valence-corrected chi connectivity index (χ2v) is 5.17. The highest BCUT2D eigenvalue weighted by Gasteiger charge is 2.21. The lowest BCUT2D eigenvalue weighted by Crippen LogP contribution is -1.97. The molecule has 0 heterocycles. The van der Waals surface area contributed by atoms with Gasteiger partial charge in [0.05, 0.1) is 15.5 Å². The van der Waals surface area contributed by atoms with Gasteiger partial charge in [0.1, 0.15) is 5.75 Å². The lowest BCUT2D eigenvalue weighted by molar-refractivity contribution is -0.385. The molecule has 21 heavy (non-hydrogen) atoms. The Labute approximate surface area is 128 Å². The van der Waals surface area contributed by atoms with Crippen molar-refractivity contribution >= 4 is 21.6 Å². The monoisotopic (exact) mass is 355 g/mol. The van der Waals surface area contributed by atoms with E-state index >= 15 is 0 Å². The second-order valence-electron chi connectivity index (χ2n) is 4.31. The van der Waals surface area contributed by atoms with Gasteiger partial charge in [-0.25, -0.2) is 4.39 Å². The van der Waals surface area contributed by atoms with Crippen LogP contribution in [0.5, 0.6) is 11.5 Å². The molecule has 0 saturated carbocycles. The van der Waals surface area contributed by atoms with Gasteiger partial charge in [-0.3, -0.25) is 10.1 Å². The lowest BCUT2D eigenvalue weighted by atomic mass is 10.1. The van der Waals surface area contributed by atoms with Crippen molar-refractivity contribution in [2.75, 3.05) is 0 Å². The van der Waals surface area contributed by atoms with Crippen LogP contribution < -0.4 is 4.74 Å². The minimum atomic E-state index is -0.823. The predicted molar refractivity (Wildman–Crippen MR) is 77.9 cm³/mol. The summed E-state index contributed by atoms with van der Waals surface area (Å²) in [7, 11) is 0. The molecule has 0 fully saturated rings. The summed E-state index contributed by atoms with van der Waals surface area (Å²) in [5.74, 6) is -1.06. The summed E-state index contributed by atoms with van der Waals surface area (Å²) >= 11 is 3.23. The average molecular weight is 356 g/mol. The number of para-hydroxylation sites is 1. The first-order valence-electron chi connectivity index (χ1n) is 5.98. The molecule has 0 aliphatic carbocycles.